The van der Waals surface area contributed by atoms with E-state index < -0.39 is 5.82 Å². The van der Waals surface area contributed by atoms with Gasteiger partial charge in [-0.15, -0.1) is 11.3 Å². The summed E-state index contributed by atoms with van der Waals surface area (Å²) in [5.41, 5.74) is 2.51. The maximum atomic E-state index is 13.2. The summed E-state index contributed by atoms with van der Waals surface area (Å²) in [4.78, 5) is 15.2. The summed E-state index contributed by atoms with van der Waals surface area (Å²) in [6.07, 6.45) is 2.17. The Morgan fingerprint density at radius 1 is 1.43 bits per heavy atom. The van der Waals surface area contributed by atoms with Crippen molar-refractivity contribution in [2.24, 2.45) is 0 Å². The SMILES string of the molecule is O=Cc1ccc(-c2cncs2)cc1F. The van der Waals surface area contributed by atoms with Crippen molar-refractivity contribution in [2.45, 2.75) is 0 Å². The molecule has 1 heterocycles. The van der Waals surface area contributed by atoms with Gasteiger partial charge in [-0.3, -0.25) is 9.78 Å². The average Bonchev–Trinajstić information content (AvgIpc) is 2.70. The minimum absolute atomic E-state index is 0.0817. The van der Waals surface area contributed by atoms with Crippen molar-refractivity contribution in [2.75, 3.05) is 0 Å². The largest absolute Gasteiger partial charge is 0.298 e. The number of benzene rings is 1. The normalized spacial score (nSPS) is 10.1. The molecular formula is C10H6FNOS. The van der Waals surface area contributed by atoms with E-state index in [0.717, 1.165) is 10.4 Å². The third-order valence-corrected chi connectivity index (χ3v) is 2.67. The maximum Gasteiger partial charge on any atom is 0.152 e. The van der Waals surface area contributed by atoms with Gasteiger partial charge >= 0.3 is 0 Å². The van der Waals surface area contributed by atoms with Gasteiger partial charge in [-0.1, -0.05) is 6.07 Å². The van der Waals surface area contributed by atoms with Crippen LogP contribution in [-0.2, 0) is 0 Å². The van der Waals surface area contributed by atoms with Crippen molar-refractivity contribution in [3.05, 3.63) is 41.3 Å². The third kappa shape index (κ3) is 1.56. The average molecular weight is 207 g/mol. The van der Waals surface area contributed by atoms with Crippen molar-refractivity contribution in [1.29, 1.82) is 0 Å². The summed E-state index contributed by atoms with van der Waals surface area (Å²) < 4.78 is 13.2. The highest BCUT2D eigenvalue weighted by Crippen LogP contribution is 2.24. The van der Waals surface area contributed by atoms with Gasteiger partial charge in [-0.25, -0.2) is 4.39 Å². The fraction of sp³-hybridized carbons (Fsp3) is 0. The van der Waals surface area contributed by atoms with Crippen molar-refractivity contribution < 1.29 is 9.18 Å². The molecule has 0 spiro atoms. The monoisotopic (exact) mass is 207 g/mol. The Kier molecular flexibility index (Phi) is 2.37. The van der Waals surface area contributed by atoms with E-state index in [0.29, 0.717) is 6.29 Å². The number of aromatic nitrogens is 1. The number of halogens is 1. The summed E-state index contributed by atoms with van der Waals surface area (Å²) in [6, 6.07) is 4.52. The minimum Gasteiger partial charge on any atom is -0.298 e. The van der Waals surface area contributed by atoms with Crippen LogP contribution in [-0.4, -0.2) is 11.3 Å². The lowest BCUT2D eigenvalue weighted by atomic mass is 10.1. The Morgan fingerprint density at radius 2 is 2.29 bits per heavy atom. The van der Waals surface area contributed by atoms with E-state index in [4.69, 9.17) is 0 Å². The standard InChI is InChI=1S/C10H6FNOS/c11-9-3-7(1-2-8(9)5-13)10-4-12-6-14-10/h1-6H. The van der Waals surface area contributed by atoms with Gasteiger partial charge in [0, 0.05) is 6.20 Å². The highest BCUT2D eigenvalue weighted by molar-refractivity contribution is 7.13. The smallest absolute Gasteiger partial charge is 0.152 e. The molecule has 1 aromatic heterocycles. The molecular weight excluding hydrogens is 201 g/mol. The molecule has 0 amide bonds. The predicted octanol–water partition coefficient (Wildman–Crippen LogP) is 2.76. The zero-order valence-electron chi connectivity index (χ0n) is 7.11. The number of carbonyl (C=O) groups is 1. The second-order valence-electron chi connectivity index (χ2n) is 2.72. The van der Waals surface area contributed by atoms with E-state index in [-0.39, 0.29) is 5.56 Å². The van der Waals surface area contributed by atoms with Crippen molar-refractivity contribution >= 4 is 17.6 Å². The van der Waals surface area contributed by atoms with Crippen LogP contribution in [0, 0.1) is 5.82 Å². The number of hydrogen-bond acceptors (Lipinski definition) is 3. The molecule has 0 aliphatic heterocycles. The Hall–Kier alpha value is -1.55. The molecule has 0 saturated heterocycles. The van der Waals surface area contributed by atoms with E-state index in [9.17, 15) is 9.18 Å². The van der Waals surface area contributed by atoms with E-state index >= 15 is 0 Å². The number of nitrogens with zero attached hydrogens (tertiary/aromatic N) is 1. The molecule has 0 unspecified atom stereocenters. The number of carbonyl (C=O) groups excluding carboxylic acids is 1. The summed E-state index contributed by atoms with van der Waals surface area (Å²) in [5.74, 6) is -0.495. The van der Waals surface area contributed by atoms with Crippen LogP contribution < -0.4 is 0 Å². The molecule has 1 aromatic carbocycles. The lowest BCUT2D eigenvalue weighted by Crippen LogP contribution is -1.87. The molecule has 0 aliphatic rings. The van der Waals surface area contributed by atoms with Gasteiger partial charge in [0.05, 0.1) is 16.0 Å². The fourth-order valence-corrected chi connectivity index (χ4v) is 1.75. The lowest BCUT2D eigenvalue weighted by molar-refractivity contribution is 0.112. The van der Waals surface area contributed by atoms with Gasteiger partial charge in [0.2, 0.25) is 0 Å². The summed E-state index contributed by atoms with van der Waals surface area (Å²) in [6.45, 7) is 0. The van der Waals surface area contributed by atoms with E-state index in [1.165, 1.54) is 23.5 Å². The fourth-order valence-electron chi connectivity index (χ4n) is 1.13. The van der Waals surface area contributed by atoms with E-state index in [1.54, 1.807) is 17.8 Å². The zero-order chi connectivity index (χ0) is 9.97. The Labute approximate surface area is 84.0 Å². The topological polar surface area (TPSA) is 30.0 Å². The first-order valence-electron chi connectivity index (χ1n) is 3.95. The Morgan fingerprint density at radius 3 is 2.86 bits per heavy atom. The predicted molar refractivity (Wildman–Crippen MR) is 52.9 cm³/mol. The number of aldehydes is 1. The number of rotatable bonds is 2. The summed E-state index contributed by atoms with van der Waals surface area (Å²) in [5, 5.41) is 0. The second kappa shape index (κ2) is 3.67. The molecule has 0 radical (unpaired) electrons. The van der Waals surface area contributed by atoms with Gasteiger partial charge in [-0.2, -0.15) is 0 Å². The first kappa shape index (κ1) is 9.02. The molecule has 0 N–H and O–H groups in total. The van der Waals surface area contributed by atoms with Gasteiger partial charge < -0.3 is 0 Å². The quantitative estimate of drug-likeness (QED) is 0.709. The Bertz CT molecular complexity index is 453. The van der Waals surface area contributed by atoms with Gasteiger partial charge in [-0.05, 0) is 17.7 Å². The number of thiazole rings is 1. The van der Waals surface area contributed by atoms with Crippen molar-refractivity contribution in [3.63, 3.8) is 0 Å². The molecule has 4 heteroatoms. The van der Waals surface area contributed by atoms with E-state index in [1.807, 2.05) is 0 Å². The first-order chi connectivity index (χ1) is 6.81. The van der Waals surface area contributed by atoms with Crippen LogP contribution >= 0.6 is 11.3 Å². The second-order valence-corrected chi connectivity index (χ2v) is 3.61. The van der Waals surface area contributed by atoms with Crippen LogP contribution in [0.4, 0.5) is 4.39 Å². The molecule has 70 valence electrons. The molecule has 0 aliphatic carbocycles. The van der Waals surface area contributed by atoms with Gasteiger partial charge in [0.15, 0.2) is 6.29 Å². The molecule has 2 aromatic rings. The first-order valence-corrected chi connectivity index (χ1v) is 4.83. The molecule has 0 fully saturated rings. The summed E-state index contributed by atoms with van der Waals surface area (Å²) >= 11 is 1.43. The van der Waals surface area contributed by atoms with E-state index in [2.05, 4.69) is 4.98 Å². The van der Waals surface area contributed by atoms with Crippen molar-refractivity contribution in [3.8, 4) is 10.4 Å². The molecule has 0 saturated carbocycles. The molecule has 0 bridgehead atoms. The minimum atomic E-state index is -0.495. The number of hydrogen-bond donors (Lipinski definition) is 0. The molecule has 14 heavy (non-hydrogen) atoms. The van der Waals surface area contributed by atoms with Crippen LogP contribution in [0.5, 0.6) is 0 Å². The highest BCUT2D eigenvalue weighted by atomic mass is 32.1. The van der Waals surface area contributed by atoms with Crippen LogP contribution in [0.25, 0.3) is 10.4 Å². The zero-order valence-corrected chi connectivity index (χ0v) is 7.92. The van der Waals surface area contributed by atoms with Gasteiger partial charge in [0.1, 0.15) is 5.82 Å². The van der Waals surface area contributed by atoms with Crippen LogP contribution in [0.1, 0.15) is 10.4 Å². The van der Waals surface area contributed by atoms with Crippen molar-refractivity contribution in [1.82, 2.24) is 4.98 Å². The van der Waals surface area contributed by atoms with Crippen LogP contribution in [0.15, 0.2) is 29.9 Å². The molecule has 2 rings (SSSR count). The Balaban J connectivity index is 2.48. The van der Waals surface area contributed by atoms with Crippen LogP contribution in [0.3, 0.4) is 0 Å². The maximum absolute atomic E-state index is 13.2. The van der Waals surface area contributed by atoms with Crippen LogP contribution in [0.2, 0.25) is 0 Å². The van der Waals surface area contributed by atoms with Gasteiger partial charge in [0.25, 0.3) is 0 Å². The third-order valence-electron chi connectivity index (χ3n) is 1.84. The molecule has 0 atom stereocenters. The highest BCUT2D eigenvalue weighted by Gasteiger charge is 2.04. The summed E-state index contributed by atoms with van der Waals surface area (Å²) in [7, 11) is 0. The lowest BCUT2D eigenvalue weighted by Gasteiger charge is -1.98. The molecule has 2 nitrogen and oxygen atoms in total.